The van der Waals surface area contributed by atoms with Gasteiger partial charge in [-0.05, 0) is 42.8 Å². The van der Waals surface area contributed by atoms with Crippen molar-refractivity contribution in [3.63, 3.8) is 0 Å². The Morgan fingerprint density at radius 1 is 1.11 bits per heavy atom. The summed E-state index contributed by atoms with van der Waals surface area (Å²) >= 11 is 0. The van der Waals surface area contributed by atoms with Crippen LogP contribution in [0, 0.1) is 17.0 Å². The second kappa shape index (κ2) is 5.23. The highest BCUT2D eigenvalue weighted by atomic mass is 16.6. The summed E-state index contributed by atoms with van der Waals surface area (Å²) < 4.78 is 0. The van der Waals surface area contributed by atoms with Crippen molar-refractivity contribution in [2.24, 2.45) is 0 Å². The van der Waals surface area contributed by atoms with Gasteiger partial charge in [0.15, 0.2) is 0 Å². The summed E-state index contributed by atoms with van der Waals surface area (Å²) in [6.07, 6.45) is 3.76. The largest absolute Gasteiger partial charge is 0.269 e. The summed E-state index contributed by atoms with van der Waals surface area (Å²) in [5.74, 6) is 0. The standard InChI is InChI=1S/C14H12N2O2/c1-11-3-2-4-13(15-11)8-5-12-6-9-14(10-7-12)16(17)18/h2-10H,1H3/b8-5+. The number of pyridine rings is 1. The molecule has 0 aliphatic rings. The number of nitrogens with zero attached hydrogens (tertiary/aromatic N) is 2. The van der Waals surface area contributed by atoms with Crippen LogP contribution < -0.4 is 0 Å². The molecule has 1 aromatic carbocycles. The van der Waals surface area contributed by atoms with Crippen molar-refractivity contribution in [1.82, 2.24) is 4.98 Å². The van der Waals surface area contributed by atoms with E-state index in [0.717, 1.165) is 17.0 Å². The molecule has 0 aliphatic carbocycles. The van der Waals surface area contributed by atoms with Crippen LogP contribution in [0.25, 0.3) is 12.2 Å². The molecule has 0 N–H and O–H groups in total. The molecule has 18 heavy (non-hydrogen) atoms. The van der Waals surface area contributed by atoms with Crippen LogP contribution in [-0.4, -0.2) is 9.91 Å². The van der Waals surface area contributed by atoms with Crippen LogP contribution in [0.2, 0.25) is 0 Å². The summed E-state index contributed by atoms with van der Waals surface area (Å²) in [5.41, 5.74) is 2.83. The average molecular weight is 240 g/mol. The molecule has 1 aromatic heterocycles. The normalized spacial score (nSPS) is 10.7. The number of nitro groups is 1. The van der Waals surface area contributed by atoms with Crippen molar-refractivity contribution < 1.29 is 4.92 Å². The third-order valence-electron chi connectivity index (χ3n) is 2.46. The number of rotatable bonds is 3. The second-order valence-corrected chi connectivity index (χ2v) is 3.89. The van der Waals surface area contributed by atoms with Crippen molar-refractivity contribution >= 4 is 17.8 Å². The lowest BCUT2D eigenvalue weighted by atomic mass is 10.2. The first-order valence-electron chi connectivity index (χ1n) is 5.51. The van der Waals surface area contributed by atoms with Gasteiger partial charge in [0.05, 0.1) is 10.6 Å². The Morgan fingerprint density at radius 2 is 1.83 bits per heavy atom. The maximum Gasteiger partial charge on any atom is 0.269 e. The van der Waals surface area contributed by atoms with Gasteiger partial charge in [-0.25, -0.2) is 0 Å². The third-order valence-corrected chi connectivity index (χ3v) is 2.46. The van der Waals surface area contributed by atoms with Gasteiger partial charge in [-0.3, -0.25) is 15.1 Å². The predicted molar refractivity (Wildman–Crippen MR) is 71.0 cm³/mol. The third kappa shape index (κ3) is 3.01. The van der Waals surface area contributed by atoms with Gasteiger partial charge in [-0.2, -0.15) is 0 Å². The fourth-order valence-corrected chi connectivity index (χ4v) is 1.55. The molecule has 0 saturated carbocycles. The van der Waals surface area contributed by atoms with E-state index in [1.54, 1.807) is 12.1 Å². The van der Waals surface area contributed by atoms with Gasteiger partial charge < -0.3 is 0 Å². The lowest BCUT2D eigenvalue weighted by Gasteiger charge is -1.96. The molecule has 0 bridgehead atoms. The molecule has 0 amide bonds. The molecule has 4 heteroatoms. The molecule has 0 spiro atoms. The van der Waals surface area contributed by atoms with Gasteiger partial charge in [-0.1, -0.05) is 12.1 Å². The van der Waals surface area contributed by atoms with E-state index in [0.29, 0.717) is 0 Å². The minimum atomic E-state index is -0.407. The van der Waals surface area contributed by atoms with Crippen molar-refractivity contribution in [3.8, 4) is 0 Å². The van der Waals surface area contributed by atoms with E-state index in [-0.39, 0.29) is 5.69 Å². The summed E-state index contributed by atoms with van der Waals surface area (Å²) in [7, 11) is 0. The average Bonchev–Trinajstić information content (AvgIpc) is 2.37. The van der Waals surface area contributed by atoms with Gasteiger partial charge in [0.25, 0.3) is 5.69 Å². The Morgan fingerprint density at radius 3 is 2.44 bits per heavy atom. The van der Waals surface area contributed by atoms with E-state index < -0.39 is 4.92 Å². The quantitative estimate of drug-likeness (QED) is 0.609. The van der Waals surface area contributed by atoms with Crippen molar-refractivity contribution in [3.05, 3.63) is 69.5 Å². The van der Waals surface area contributed by atoms with Gasteiger partial charge in [0.2, 0.25) is 0 Å². The second-order valence-electron chi connectivity index (χ2n) is 3.89. The maximum atomic E-state index is 10.5. The van der Waals surface area contributed by atoms with Gasteiger partial charge in [0, 0.05) is 17.8 Å². The smallest absolute Gasteiger partial charge is 0.258 e. The predicted octanol–water partition coefficient (Wildman–Crippen LogP) is 3.47. The van der Waals surface area contributed by atoms with E-state index >= 15 is 0 Å². The Labute approximate surface area is 105 Å². The fourth-order valence-electron chi connectivity index (χ4n) is 1.55. The molecule has 0 unspecified atom stereocenters. The highest BCUT2D eigenvalue weighted by Gasteiger charge is 2.02. The first-order chi connectivity index (χ1) is 8.65. The van der Waals surface area contributed by atoms with E-state index in [4.69, 9.17) is 0 Å². The fraction of sp³-hybridized carbons (Fsp3) is 0.0714. The van der Waals surface area contributed by atoms with Crippen LogP contribution in [0.5, 0.6) is 0 Å². The first kappa shape index (κ1) is 12.0. The number of aromatic nitrogens is 1. The summed E-state index contributed by atoms with van der Waals surface area (Å²) in [6.45, 7) is 1.93. The highest BCUT2D eigenvalue weighted by molar-refractivity contribution is 5.68. The van der Waals surface area contributed by atoms with Crippen LogP contribution in [0.3, 0.4) is 0 Å². The zero-order valence-electron chi connectivity index (χ0n) is 9.91. The minimum absolute atomic E-state index is 0.0980. The van der Waals surface area contributed by atoms with Crippen LogP contribution >= 0.6 is 0 Å². The highest BCUT2D eigenvalue weighted by Crippen LogP contribution is 2.13. The van der Waals surface area contributed by atoms with Gasteiger partial charge in [-0.15, -0.1) is 0 Å². The lowest BCUT2D eigenvalue weighted by Crippen LogP contribution is -1.86. The van der Waals surface area contributed by atoms with Crippen molar-refractivity contribution in [1.29, 1.82) is 0 Å². The van der Waals surface area contributed by atoms with E-state index in [2.05, 4.69) is 4.98 Å². The molecule has 0 aliphatic heterocycles. The SMILES string of the molecule is Cc1cccc(/C=C/c2ccc([N+](=O)[O-])cc2)n1. The van der Waals surface area contributed by atoms with E-state index in [1.165, 1.54) is 12.1 Å². The molecule has 0 saturated heterocycles. The molecular weight excluding hydrogens is 228 g/mol. The molecule has 2 aromatic rings. The molecule has 0 fully saturated rings. The molecule has 0 atom stereocenters. The summed E-state index contributed by atoms with van der Waals surface area (Å²) in [4.78, 5) is 14.4. The Bertz CT molecular complexity index is 589. The monoisotopic (exact) mass is 240 g/mol. The lowest BCUT2D eigenvalue weighted by molar-refractivity contribution is -0.384. The minimum Gasteiger partial charge on any atom is -0.258 e. The topological polar surface area (TPSA) is 56.0 Å². The number of hydrogen-bond donors (Lipinski definition) is 0. The molecule has 2 rings (SSSR count). The Hall–Kier alpha value is -2.49. The summed E-state index contributed by atoms with van der Waals surface area (Å²) in [6, 6.07) is 12.2. The number of nitro benzene ring substituents is 1. The first-order valence-corrected chi connectivity index (χ1v) is 5.51. The van der Waals surface area contributed by atoms with Crippen LogP contribution in [-0.2, 0) is 0 Å². The number of non-ortho nitro benzene ring substituents is 1. The number of aryl methyl sites for hydroxylation is 1. The molecule has 1 heterocycles. The zero-order chi connectivity index (χ0) is 13.0. The number of benzene rings is 1. The molecule has 90 valence electrons. The molecule has 4 nitrogen and oxygen atoms in total. The number of hydrogen-bond acceptors (Lipinski definition) is 3. The summed E-state index contributed by atoms with van der Waals surface area (Å²) in [5, 5.41) is 10.5. The van der Waals surface area contributed by atoms with E-state index in [1.807, 2.05) is 37.3 Å². The Balaban J connectivity index is 2.16. The van der Waals surface area contributed by atoms with Gasteiger partial charge in [0.1, 0.15) is 0 Å². The van der Waals surface area contributed by atoms with Crippen LogP contribution in [0.15, 0.2) is 42.5 Å². The maximum absolute atomic E-state index is 10.5. The van der Waals surface area contributed by atoms with Crippen molar-refractivity contribution in [2.45, 2.75) is 6.92 Å². The molecular formula is C14H12N2O2. The zero-order valence-corrected chi connectivity index (χ0v) is 9.91. The van der Waals surface area contributed by atoms with Crippen LogP contribution in [0.1, 0.15) is 17.0 Å². The van der Waals surface area contributed by atoms with Crippen molar-refractivity contribution in [2.75, 3.05) is 0 Å². The Kier molecular flexibility index (Phi) is 3.48. The van der Waals surface area contributed by atoms with Crippen LogP contribution in [0.4, 0.5) is 5.69 Å². The van der Waals surface area contributed by atoms with E-state index in [9.17, 15) is 10.1 Å². The molecule has 0 radical (unpaired) electrons. The van der Waals surface area contributed by atoms with Gasteiger partial charge >= 0.3 is 0 Å².